The van der Waals surface area contributed by atoms with Crippen LogP contribution < -0.4 is 15.3 Å². The maximum atomic E-state index is 17.5. The number of anilines is 1. The van der Waals surface area contributed by atoms with Crippen LogP contribution in [-0.2, 0) is 4.79 Å². The van der Waals surface area contributed by atoms with Crippen molar-refractivity contribution in [3.63, 3.8) is 0 Å². The van der Waals surface area contributed by atoms with Crippen LogP contribution in [0.25, 0.3) is 27.7 Å². The zero-order valence-corrected chi connectivity index (χ0v) is 27.5. The summed E-state index contributed by atoms with van der Waals surface area (Å²) in [6.45, 7) is 13.8. The molecular weight excluding hydrogens is 630 g/mol. The number of halogens is 3. The highest BCUT2D eigenvalue weighted by molar-refractivity contribution is 6.36. The van der Waals surface area contributed by atoms with Crippen LogP contribution in [0, 0.1) is 11.6 Å². The second-order valence-electron chi connectivity index (χ2n) is 12.5. The van der Waals surface area contributed by atoms with E-state index in [9.17, 15) is 14.7 Å². The van der Waals surface area contributed by atoms with Crippen LogP contribution in [0.3, 0.4) is 0 Å². The largest absolute Gasteiger partial charge is 0.507 e. The Morgan fingerprint density at radius 1 is 1.13 bits per heavy atom. The summed E-state index contributed by atoms with van der Waals surface area (Å²) in [5, 5.41) is 10.6. The first kappa shape index (κ1) is 32.4. The monoisotopic (exact) mass is 664 g/mol. The molecule has 1 N–H and O–H groups in total. The number of carbonyl (C=O) groups excluding carboxylic acids is 1. The van der Waals surface area contributed by atoms with Crippen LogP contribution >= 0.6 is 11.6 Å². The molecule has 246 valence electrons. The van der Waals surface area contributed by atoms with Gasteiger partial charge in [-0.05, 0) is 37.0 Å². The van der Waals surface area contributed by atoms with Crippen LogP contribution in [0.15, 0.2) is 42.0 Å². The van der Waals surface area contributed by atoms with E-state index < -0.39 is 34.2 Å². The molecule has 2 aliphatic rings. The molecule has 0 spiro atoms. The van der Waals surface area contributed by atoms with Gasteiger partial charge in [-0.1, -0.05) is 51.9 Å². The van der Waals surface area contributed by atoms with E-state index in [0.717, 1.165) is 10.6 Å². The molecule has 2 atom stereocenters. The number of benzene rings is 2. The van der Waals surface area contributed by atoms with Gasteiger partial charge < -0.3 is 19.6 Å². The van der Waals surface area contributed by atoms with Crippen LogP contribution in [-0.4, -0.2) is 67.2 Å². The minimum Gasteiger partial charge on any atom is -0.507 e. The minimum atomic E-state index is -1.06. The Bertz CT molecular complexity index is 1950. The molecule has 4 heterocycles. The molecule has 10 nitrogen and oxygen atoms in total. The number of hydrogen-bond acceptors (Lipinski definition) is 8. The molecule has 47 heavy (non-hydrogen) atoms. The number of aromatic hydroxyl groups is 1. The number of nitrogens with zero attached hydrogens (tertiary/aromatic N) is 6. The molecule has 2 aromatic carbocycles. The number of carbonyl (C=O) groups is 1. The Morgan fingerprint density at radius 2 is 1.81 bits per heavy atom. The van der Waals surface area contributed by atoms with E-state index in [1.54, 1.807) is 4.90 Å². The summed E-state index contributed by atoms with van der Waals surface area (Å²) >= 11 is 6.93. The molecule has 2 unspecified atom stereocenters. The van der Waals surface area contributed by atoms with E-state index in [1.807, 2.05) is 39.5 Å². The number of phenols is 1. The molecule has 1 fully saturated rings. The standard InChI is InChI=1S/C34H35ClF2N6O4/c1-7-22(45)41-13-18(6)42-19(14-41)11-12-47-32-25-30(27(37)24(26(32)35)23-20(36)9-8-10-21(23)44)43(34(46)40-33(25)42)31-28(16(2)3)38-15-39-29(31)17(4)5/h7-10,15-19,44H,1,11-14H2,2-6H3. The Labute approximate surface area is 275 Å². The van der Waals surface area contributed by atoms with Crippen molar-refractivity contribution in [2.75, 3.05) is 24.6 Å². The Hall–Kier alpha value is -4.58. The highest BCUT2D eigenvalue weighted by Gasteiger charge is 2.40. The van der Waals surface area contributed by atoms with E-state index in [1.165, 1.54) is 24.5 Å². The van der Waals surface area contributed by atoms with E-state index >= 15 is 8.78 Å². The van der Waals surface area contributed by atoms with Gasteiger partial charge in [-0.3, -0.25) is 9.36 Å². The van der Waals surface area contributed by atoms with Gasteiger partial charge in [-0.15, -0.1) is 0 Å². The average Bonchev–Trinajstić information content (AvgIpc) is 3.01. The van der Waals surface area contributed by atoms with Crippen molar-refractivity contribution >= 4 is 34.2 Å². The van der Waals surface area contributed by atoms with Crippen LogP contribution in [0.5, 0.6) is 11.5 Å². The molecule has 0 aliphatic carbocycles. The predicted octanol–water partition coefficient (Wildman–Crippen LogP) is 6.10. The molecule has 2 aromatic heterocycles. The molecule has 1 amide bonds. The normalized spacial score (nSPS) is 17.8. The summed E-state index contributed by atoms with van der Waals surface area (Å²) in [5.74, 6) is -3.08. The van der Waals surface area contributed by atoms with E-state index in [0.29, 0.717) is 30.9 Å². The summed E-state index contributed by atoms with van der Waals surface area (Å²) < 4.78 is 40.4. The Balaban J connectivity index is 1.81. The first-order valence-corrected chi connectivity index (χ1v) is 15.9. The third-order valence-electron chi connectivity index (χ3n) is 8.80. The van der Waals surface area contributed by atoms with Crippen LogP contribution in [0.1, 0.15) is 64.3 Å². The number of rotatable bonds is 5. The lowest BCUT2D eigenvalue weighted by Gasteiger charge is -2.47. The smallest absolute Gasteiger partial charge is 0.354 e. The van der Waals surface area contributed by atoms with Gasteiger partial charge in [0.05, 0.1) is 45.7 Å². The molecule has 4 aromatic rings. The van der Waals surface area contributed by atoms with Crippen molar-refractivity contribution in [2.24, 2.45) is 0 Å². The number of fused-ring (bicyclic) bond motifs is 2. The Kier molecular flexibility index (Phi) is 8.41. The molecule has 6 rings (SSSR count). The van der Waals surface area contributed by atoms with E-state index in [2.05, 4.69) is 21.5 Å². The lowest BCUT2D eigenvalue weighted by molar-refractivity contribution is -0.127. The summed E-state index contributed by atoms with van der Waals surface area (Å²) in [6, 6.07) is 2.89. The summed E-state index contributed by atoms with van der Waals surface area (Å²) in [6.07, 6.45) is 3.05. The second kappa shape index (κ2) is 12.2. The molecule has 1 saturated heterocycles. The van der Waals surface area contributed by atoms with Crippen molar-refractivity contribution in [3.8, 4) is 28.3 Å². The lowest BCUT2D eigenvalue weighted by Crippen LogP contribution is -2.60. The molecule has 2 aliphatic heterocycles. The molecule has 13 heteroatoms. The minimum absolute atomic E-state index is 0.0127. The molecule has 0 bridgehead atoms. The van der Waals surface area contributed by atoms with Gasteiger partial charge in [0, 0.05) is 31.1 Å². The van der Waals surface area contributed by atoms with Crippen molar-refractivity contribution in [1.82, 2.24) is 24.4 Å². The third kappa shape index (κ3) is 5.18. The number of aromatic nitrogens is 4. The van der Waals surface area contributed by atoms with Crippen molar-refractivity contribution in [1.29, 1.82) is 0 Å². The summed E-state index contributed by atoms with van der Waals surface area (Å²) in [5.41, 5.74) is -0.823. The third-order valence-corrected chi connectivity index (χ3v) is 9.16. The van der Waals surface area contributed by atoms with E-state index in [4.69, 9.17) is 16.3 Å². The zero-order valence-electron chi connectivity index (χ0n) is 26.7. The number of hydrogen-bond donors (Lipinski definition) is 1. The quantitative estimate of drug-likeness (QED) is 0.255. The average molecular weight is 665 g/mol. The van der Waals surface area contributed by atoms with Gasteiger partial charge in [0.2, 0.25) is 5.91 Å². The SMILES string of the molecule is C=CC(=O)N1CC(C)N2c3nc(=O)n(-c4c(C(C)C)ncnc4C(C)C)c4c(F)c(-c5c(O)cccc5F)c(Cl)c(c34)OCCC2C1. The fourth-order valence-electron chi connectivity index (χ4n) is 6.76. The fraction of sp³-hybridized carbons (Fsp3) is 0.382. The number of piperazine rings is 1. The van der Waals surface area contributed by atoms with Gasteiger partial charge in [-0.25, -0.2) is 23.5 Å². The Morgan fingerprint density at radius 3 is 2.43 bits per heavy atom. The first-order valence-electron chi connectivity index (χ1n) is 15.5. The lowest BCUT2D eigenvalue weighted by atomic mass is 9.96. The predicted molar refractivity (Wildman–Crippen MR) is 176 cm³/mol. The summed E-state index contributed by atoms with van der Waals surface area (Å²) in [4.78, 5) is 44.2. The topological polar surface area (TPSA) is 114 Å². The summed E-state index contributed by atoms with van der Waals surface area (Å²) in [7, 11) is 0. The maximum Gasteiger partial charge on any atom is 0.354 e. The molecule has 0 radical (unpaired) electrons. The van der Waals surface area contributed by atoms with Gasteiger partial charge in [0.1, 0.15) is 29.2 Å². The first-order chi connectivity index (χ1) is 22.4. The van der Waals surface area contributed by atoms with Crippen LogP contribution in [0.2, 0.25) is 5.02 Å². The molecule has 0 saturated carbocycles. The number of amides is 1. The number of ether oxygens (including phenoxy) is 1. The van der Waals surface area contributed by atoms with Gasteiger partial charge >= 0.3 is 5.69 Å². The van der Waals surface area contributed by atoms with E-state index in [-0.39, 0.29) is 69.6 Å². The zero-order chi connectivity index (χ0) is 33.9. The highest BCUT2D eigenvalue weighted by Crippen LogP contribution is 2.50. The van der Waals surface area contributed by atoms with Crippen LogP contribution in [0.4, 0.5) is 14.6 Å². The second-order valence-corrected chi connectivity index (χ2v) is 12.9. The highest BCUT2D eigenvalue weighted by atomic mass is 35.5. The van der Waals surface area contributed by atoms with Crippen molar-refractivity contribution < 1.29 is 23.4 Å². The molecular formula is C34H35ClF2N6O4. The van der Waals surface area contributed by atoms with Crippen molar-refractivity contribution in [2.45, 2.75) is 65.0 Å². The maximum absolute atomic E-state index is 17.5. The van der Waals surface area contributed by atoms with Gasteiger partial charge in [-0.2, -0.15) is 4.98 Å². The van der Waals surface area contributed by atoms with Gasteiger partial charge in [0.25, 0.3) is 0 Å². The number of phenolic OH excluding ortho intramolecular Hbond substituents is 1. The van der Waals surface area contributed by atoms with Gasteiger partial charge in [0.15, 0.2) is 11.6 Å². The van der Waals surface area contributed by atoms with Crippen molar-refractivity contribution in [3.05, 3.63) is 75.7 Å². The fourth-order valence-corrected chi connectivity index (χ4v) is 7.08.